The van der Waals surface area contributed by atoms with E-state index in [1.54, 1.807) is 41.3 Å². The van der Waals surface area contributed by atoms with Gasteiger partial charge in [0.2, 0.25) is 18.6 Å². The lowest BCUT2D eigenvalue weighted by atomic mass is 9.64. The lowest BCUT2D eigenvalue weighted by molar-refractivity contribution is -0.179. The largest absolute Gasteiger partial charge is 0.508 e. The molecule has 5 aliphatic rings. The van der Waals surface area contributed by atoms with E-state index in [9.17, 15) is 5.11 Å². The van der Waals surface area contributed by atoms with Crippen molar-refractivity contribution in [3.8, 4) is 29.1 Å². The summed E-state index contributed by atoms with van der Waals surface area (Å²) in [4.78, 5) is 74.0. The number of rotatable bonds is 11. The molecule has 1 spiro atoms. The second-order valence-corrected chi connectivity index (χ2v) is 21.1. The maximum atomic E-state index is 17.0. The topological polar surface area (TPSA) is 144 Å². The molecule has 0 aromatic heterocycles. The summed E-state index contributed by atoms with van der Waals surface area (Å²) in [6.45, 7) is 5.29. The molecule has 0 aliphatic carbocycles. The minimum atomic E-state index is -1.98. The molecule has 5 heterocycles. The Morgan fingerprint density at radius 3 is 2.09 bits per heavy atom. The number of anilines is 1. The second kappa shape index (κ2) is 21.6. The molecule has 0 saturated carbocycles. The number of aromatic hydroxyl groups is 1. The predicted octanol–water partition coefficient (Wildman–Crippen LogP) is 9.09. The number of esters is 1. The molecule has 7 aromatic rings. The highest BCUT2D eigenvalue weighted by molar-refractivity contribution is 6.24. The summed E-state index contributed by atoms with van der Waals surface area (Å²) in [5, 5.41) is 14.1. The number of imide groups is 1. The van der Waals surface area contributed by atoms with E-state index < -0.39 is 65.4 Å². The quantitative estimate of drug-likeness (QED) is 0.0946. The number of ether oxygens (including phenoxy) is 3. The number of phenolic OH excluding ortho intramolecular Hbond substituents is 1. The molecule has 398 valence electrons. The van der Waals surface area contributed by atoms with E-state index in [0.717, 1.165) is 27.8 Å². The highest BCUT2D eigenvalue weighted by Gasteiger charge is 2.76. The zero-order valence-corrected chi connectivity index (χ0v) is 44.0. The summed E-state index contributed by atoms with van der Waals surface area (Å²) in [6.07, 6.45) is -0.898. The molecular formula is C65H60N6O8. The fourth-order valence-corrected chi connectivity index (χ4v) is 12.5. The fourth-order valence-electron chi connectivity index (χ4n) is 12.5. The predicted molar refractivity (Wildman–Crippen MR) is 297 cm³/mol. The Hall–Kier alpha value is -8.74. The van der Waals surface area contributed by atoms with E-state index >= 15 is 19.2 Å². The summed E-state index contributed by atoms with van der Waals surface area (Å²) in [5.74, 6) is 4.90. The minimum absolute atomic E-state index is 0.0118. The monoisotopic (exact) mass is 1050 g/mol. The van der Waals surface area contributed by atoms with Crippen molar-refractivity contribution in [1.82, 2.24) is 24.9 Å². The van der Waals surface area contributed by atoms with E-state index in [0.29, 0.717) is 60.9 Å². The van der Waals surface area contributed by atoms with Crippen LogP contribution >= 0.6 is 0 Å². The van der Waals surface area contributed by atoms with Gasteiger partial charge in [0.15, 0.2) is 11.5 Å². The van der Waals surface area contributed by atoms with Gasteiger partial charge in [0.1, 0.15) is 23.3 Å². The summed E-state index contributed by atoms with van der Waals surface area (Å²) < 4.78 is 18.0. The Morgan fingerprint density at radius 2 is 1.38 bits per heavy atom. The number of nitrogens with one attached hydrogen (secondary N) is 1. The summed E-state index contributed by atoms with van der Waals surface area (Å²) in [7, 11) is 2.00. The van der Waals surface area contributed by atoms with Crippen LogP contribution in [-0.4, -0.2) is 101 Å². The molecule has 5 aliphatic heterocycles. The van der Waals surface area contributed by atoms with E-state index in [1.807, 2.05) is 152 Å². The van der Waals surface area contributed by atoms with E-state index in [2.05, 4.69) is 39.1 Å². The number of phenols is 1. The van der Waals surface area contributed by atoms with Crippen molar-refractivity contribution in [2.45, 2.75) is 55.7 Å². The van der Waals surface area contributed by atoms with Crippen LogP contribution in [0.1, 0.15) is 75.7 Å². The third-order valence-electron chi connectivity index (χ3n) is 16.2. The Bertz CT molecular complexity index is 3460. The number of cyclic esters (lactones) is 1. The minimum Gasteiger partial charge on any atom is -0.508 e. The molecule has 7 atom stereocenters. The SMILES string of the molecule is C[C@@H](NC(=O)N1C(=O)[C@@]2(c3cc(C#CCN(C)Cc4ccccc4)ccc31)[C@H](c1ccc(O)cc1)N1[C@H](c3ccccc3)[C@H](c3ccccc3)OC(=O)[C@H]1[C@@H]2C(=O)N1CCN(Cc2ccc3c(c2)OCO3)CC1)c1ccccc1. The number of amides is 4. The lowest BCUT2D eigenvalue weighted by Crippen LogP contribution is -2.59. The smallest absolute Gasteiger partial charge is 0.329 e. The zero-order chi connectivity index (χ0) is 54.2. The van der Waals surface area contributed by atoms with Gasteiger partial charge in [-0.2, -0.15) is 0 Å². The first kappa shape index (κ1) is 51.0. The van der Waals surface area contributed by atoms with Gasteiger partial charge in [-0.1, -0.05) is 151 Å². The van der Waals surface area contributed by atoms with Crippen molar-refractivity contribution in [2.24, 2.45) is 5.92 Å². The molecule has 2 N–H and O–H groups in total. The Morgan fingerprint density at radius 1 is 0.722 bits per heavy atom. The number of piperazine rings is 1. The summed E-state index contributed by atoms with van der Waals surface area (Å²) >= 11 is 0. The molecular weight excluding hydrogens is 993 g/mol. The van der Waals surface area contributed by atoms with Crippen LogP contribution in [0.2, 0.25) is 0 Å². The van der Waals surface area contributed by atoms with Crippen molar-refractivity contribution in [1.29, 1.82) is 0 Å². The van der Waals surface area contributed by atoms with Crippen LogP contribution in [0.4, 0.5) is 10.5 Å². The zero-order valence-electron chi connectivity index (χ0n) is 44.0. The molecule has 79 heavy (non-hydrogen) atoms. The van der Waals surface area contributed by atoms with Crippen LogP contribution in [0, 0.1) is 17.8 Å². The van der Waals surface area contributed by atoms with Crippen molar-refractivity contribution >= 4 is 29.5 Å². The molecule has 0 bridgehead atoms. The number of carbonyl (C=O) groups excluding carboxylic acids is 4. The Balaban J connectivity index is 1.03. The lowest BCUT2D eigenvalue weighted by Gasteiger charge is -2.46. The van der Waals surface area contributed by atoms with Crippen LogP contribution in [0.5, 0.6) is 17.2 Å². The van der Waals surface area contributed by atoms with Crippen LogP contribution in [0.25, 0.3) is 0 Å². The van der Waals surface area contributed by atoms with Crippen LogP contribution in [-0.2, 0) is 37.6 Å². The number of fused-ring (bicyclic) bond motifs is 4. The van der Waals surface area contributed by atoms with Gasteiger partial charge in [-0.05, 0) is 95.4 Å². The van der Waals surface area contributed by atoms with Gasteiger partial charge < -0.3 is 29.5 Å². The van der Waals surface area contributed by atoms with Crippen LogP contribution < -0.4 is 19.7 Å². The number of nitrogens with zero attached hydrogens (tertiary/aromatic N) is 5. The van der Waals surface area contributed by atoms with Crippen molar-refractivity contribution in [3.05, 3.63) is 226 Å². The molecule has 3 saturated heterocycles. The van der Waals surface area contributed by atoms with Crippen molar-refractivity contribution < 1.29 is 38.5 Å². The second-order valence-electron chi connectivity index (χ2n) is 21.1. The first-order chi connectivity index (χ1) is 38.6. The van der Waals surface area contributed by atoms with Gasteiger partial charge in [0.05, 0.1) is 36.3 Å². The first-order valence-electron chi connectivity index (χ1n) is 26.9. The van der Waals surface area contributed by atoms with E-state index in [-0.39, 0.29) is 31.3 Å². The van der Waals surface area contributed by atoms with Crippen molar-refractivity contribution in [2.75, 3.05) is 51.5 Å². The third-order valence-corrected chi connectivity index (χ3v) is 16.2. The normalized spacial score (nSPS) is 22.7. The van der Waals surface area contributed by atoms with Gasteiger partial charge in [-0.3, -0.25) is 29.1 Å². The number of carbonyl (C=O) groups is 4. The van der Waals surface area contributed by atoms with Gasteiger partial charge in [-0.15, -0.1) is 0 Å². The van der Waals surface area contributed by atoms with Gasteiger partial charge in [0, 0.05) is 44.8 Å². The van der Waals surface area contributed by atoms with Gasteiger partial charge in [0.25, 0.3) is 0 Å². The number of morpholine rings is 1. The standard InChI is InChI=1S/C65H60N6O8/c1-43(47-19-9-4-10-20-47)66-64(76)70-53-31-25-44(18-15-33-67(2)40-45-16-7-3-8-17-45)38-52(53)65(63(70)75)56(61(73)69-36-34-68(35-37-69)41-46-26-32-54-55(39-46)78-42-77-54)58-62(74)79-59(49-23-13-6-14-24-49)57(48-21-11-5-12-22-48)71(58)60(65)50-27-29-51(72)30-28-50/h3-14,16-17,19-32,38-39,43,56-60,72H,33-37,40-42H2,1-2H3,(H,66,76)/t43-,56-,57-,58-,59+,60+,65-/m1/s1. The fraction of sp³-hybridized carbons (Fsp3) is 0.262. The molecule has 4 amide bonds. The van der Waals surface area contributed by atoms with Crippen LogP contribution in [0.15, 0.2) is 182 Å². The number of hydrogen-bond donors (Lipinski definition) is 2. The van der Waals surface area contributed by atoms with E-state index in [4.69, 9.17) is 14.2 Å². The molecule has 0 radical (unpaired) electrons. The van der Waals surface area contributed by atoms with Crippen LogP contribution in [0.3, 0.4) is 0 Å². The molecule has 14 heteroatoms. The highest BCUT2D eigenvalue weighted by Crippen LogP contribution is 2.66. The van der Waals surface area contributed by atoms with Gasteiger partial charge >= 0.3 is 12.0 Å². The molecule has 0 unspecified atom stereocenters. The number of urea groups is 1. The maximum Gasteiger partial charge on any atom is 0.329 e. The Labute approximate surface area is 459 Å². The summed E-state index contributed by atoms with van der Waals surface area (Å²) in [5.41, 5.74) is 4.29. The van der Waals surface area contributed by atoms with E-state index in [1.165, 1.54) is 4.90 Å². The number of benzene rings is 7. The van der Waals surface area contributed by atoms with Gasteiger partial charge in [-0.25, -0.2) is 9.69 Å². The average Bonchev–Trinajstić information content (AvgIpc) is 2.23. The molecule has 12 rings (SSSR count). The highest BCUT2D eigenvalue weighted by atomic mass is 16.7. The number of hydrogen-bond acceptors (Lipinski definition) is 11. The average molecular weight is 1050 g/mol. The third kappa shape index (κ3) is 9.54. The Kier molecular flexibility index (Phi) is 13.9. The molecule has 14 nitrogen and oxygen atoms in total. The van der Waals surface area contributed by atoms with Crippen molar-refractivity contribution in [3.63, 3.8) is 0 Å². The maximum absolute atomic E-state index is 17.0. The summed E-state index contributed by atoms with van der Waals surface area (Å²) in [6, 6.07) is 52.3. The first-order valence-corrected chi connectivity index (χ1v) is 26.9. The molecule has 7 aromatic carbocycles. The molecule has 3 fully saturated rings.